The van der Waals surface area contributed by atoms with Crippen molar-refractivity contribution >= 4 is 5.90 Å². The molecule has 0 amide bonds. The Bertz CT molecular complexity index is 990. The van der Waals surface area contributed by atoms with Crippen molar-refractivity contribution in [2.75, 3.05) is 6.61 Å². The van der Waals surface area contributed by atoms with Gasteiger partial charge in [0, 0.05) is 5.56 Å². The second kappa shape index (κ2) is 8.57. The maximum absolute atomic E-state index is 9.69. The van der Waals surface area contributed by atoms with Gasteiger partial charge in [-0.15, -0.1) is 13.2 Å². The van der Waals surface area contributed by atoms with Gasteiger partial charge in [-0.05, 0) is 59.9 Å². The van der Waals surface area contributed by atoms with E-state index in [4.69, 9.17) is 9.73 Å². The Morgan fingerprint density at radius 2 is 1.57 bits per heavy atom. The maximum atomic E-state index is 9.69. The summed E-state index contributed by atoms with van der Waals surface area (Å²) < 4.78 is 5.85. The minimum atomic E-state index is 0.0280. The molecule has 0 fully saturated rings. The van der Waals surface area contributed by atoms with Crippen LogP contribution in [0.4, 0.5) is 0 Å². The molecule has 1 aliphatic rings. The van der Waals surface area contributed by atoms with Crippen LogP contribution in [0, 0.1) is 13.8 Å². The van der Waals surface area contributed by atoms with Crippen LogP contribution in [0.2, 0.25) is 0 Å². The summed E-state index contributed by atoms with van der Waals surface area (Å²) in [4.78, 5) is 4.78. The summed E-state index contributed by atoms with van der Waals surface area (Å²) in [6.45, 7) is 10.6. The lowest BCUT2D eigenvalue weighted by Gasteiger charge is -2.08. The zero-order valence-electron chi connectivity index (χ0n) is 16.4. The fraction of sp³-hybridized carbons (Fsp3) is 0.160. The highest BCUT2D eigenvalue weighted by molar-refractivity contribution is 5.96. The molecule has 1 atom stereocenters. The Morgan fingerprint density at radius 3 is 2.25 bits per heavy atom. The summed E-state index contributed by atoms with van der Waals surface area (Å²) in [6, 6.07) is 22.3. The van der Waals surface area contributed by atoms with Crippen molar-refractivity contribution in [3.8, 4) is 16.9 Å². The molecule has 3 aromatic rings. The number of phenols is 1. The summed E-state index contributed by atoms with van der Waals surface area (Å²) >= 11 is 0. The van der Waals surface area contributed by atoms with E-state index in [0.717, 1.165) is 33.7 Å². The average Bonchev–Trinajstić information content (AvgIpc) is 3.22. The number of hydrogen-bond acceptors (Lipinski definition) is 3. The first-order chi connectivity index (χ1) is 13.6. The second-order valence-electron chi connectivity index (χ2n) is 6.70. The number of aryl methyl sites for hydroxylation is 2. The van der Waals surface area contributed by atoms with Gasteiger partial charge in [-0.3, -0.25) is 0 Å². The summed E-state index contributed by atoms with van der Waals surface area (Å²) in [5, 5.41) is 9.69. The Labute approximate surface area is 166 Å². The first kappa shape index (κ1) is 19.4. The van der Waals surface area contributed by atoms with Crippen molar-refractivity contribution in [2.45, 2.75) is 19.9 Å². The highest BCUT2D eigenvalue weighted by Gasteiger charge is 2.22. The number of ether oxygens (including phenoxy) is 1. The Kier molecular flexibility index (Phi) is 5.95. The zero-order valence-corrected chi connectivity index (χ0v) is 16.4. The van der Waals surface area contributed by atoms with E-state index in [2.05, 4.69) is 50.4 Å². The lowest BCUT2D eigenvalue weighted by atomic mass is 10.00. The molecule has 0 spiro atoms. The van der Waals surface area contributed by atoms with Crippen LogP contribution in [0.5, 0.6) is 5.75 Å². The molecule has 0 aromatic heterocycles. The highest BCUT2D eigenvalue weighted by Crippen LogP contribution is 2.30. The van der Waals surface area contributed by atoms with Gasteiger partial charge in [-0.1, -0.05) is 48.5 Å². The van der Waals surface area contributed by atoms with Gasteiger partial charge in [0.25, 0.3) is 0 Å². The SMILES string of the molecule is C=C.Cc1cc(-c2ccc(C3COC(c4ccccc4C)=N3)cc2)ccc1O. The predicted molar refractivity (Wildman–Crippen MR) is 116 cm³/mol. The van der Waals surface area contributed by atoms with Gasteiger partial charge in [0.2, 0.25) is 5.90 Å². The number of rotatable bonds is 3. The van der Waals surface area contributed by atoms with Crippen molar-refractivity contribution in [2.24, 2.45) is 4.99 Å². The Balaban J connectivity index is 0.00000109. The molecule has 0 saturated carbocycles. The number of hydrogen-bond donors (Lipinski definition) is 1. The topological polar surface area (TPSA) is 41.8 Å². The zero-order chi connectivity index (χ0) is 20.1. The van der Waals surface area contributed by atoms with Crippen LogP contribution in [0.1, 0.15) is 28.3 Å². The molecule has 3 aromatic carbocycles. The molecule has 1 aliphatic heterocycles. The van der Waals surface area contributed by atoms with Crippen LogP contribution in [0.25, 0.3) is 11.1 Å². The van der Waals surface area contributed by atoms with Gasteiger partial charge in [0.05, 0.1) is 0 Å². The van der Waals surface area contributed by atoms with E-state index in [9.17, 15) is 5.11 Å². The number of phenolic OH excluding ortho intramolecular Hbond substituents is 1. The number of benzene rings is 3. The molecular formula is C25H25NO2. The van der Waals surface area contributed by atoms with Crippen LogP contribution in [0.15, 0.2) is 84.9 Å². The molecule has 0 bridgehead atoms. The van der Waals surface area contributed by atoms with Crippen LogP contribution in [-0.2, 0) is 4.74 Å². The molecule has 1 N–H and O–H groups in total. The van der Waals surface area contributed by atoms with E-state index >= 15 is 0 Å². The summed E-state index contributed by atoms with van der Waals surface area (Å²) in [5.74, 6) is 1.05. The van der Waals surface area contributed by atoms with E-state index in [1.165, 1.54) is 5.56 Å². The second-order valence-corrected chi connectivity index (χ2v) is 6.70. The minimum Gasteiger partial charge on any atom is -0.508 e. The lowest BCUT2D eigenvalue weighted by molar-refractivity contribution is 0.319. The van der Waals surface area contributed by atoms with E-state index in [-0.39, 0.29) is 6.04 Å². The van der Waals surface area contributed by atoms with Crippen molar-refractivity contribution in [3.63, 3.8) is 0 Å². The van der Waals surface area contributed by atoms with Gasteiger partial charge in [-0.25, -0.2) is 4.99 Å². The van der Waals surface area contributed by atoms with E-state index in [1.54, 1.807) is 6.07 Å². The smallest absolute Gasteiger partial charge is 0.217 e. The van der Waals surface area contributed by atoms with Gasteiger partial charge >= 0.3 is 0 Å². The largest absolute Gasteiger partial charge is 0.508 e. The lowest BCUT2D eigenvalue weighted by Crippen LogP contribution is -2.03. The standard InChI is InChI=1S/C23H21NO2.C2H4/c1-15-5-3-4-6-20(15)23-24-21(14-26-23)18-9-7-17(8-10-18)19-11-12-22(25)16(2)13-19;1-2/h3-13,21,25H,14H2,1-2H3;1-2H2. The van der Waals surface area contributed by atoms with E-state index < -0.39 is 0 Å². The van der Waals surface area contributed by atoms with E-state index in [1.807, 2.05) is 37.3 Å². The molecule has 0 radical (unpaired) electrons. The monoisotopic (exact) mass is 371 g/mol. The molecule has 0 saturated heterocycles. The molecule has 1 unspecified atom stereocenters. The molecule has 3 nitrogen and oxygen atoms in total. The van der Waals surface area contributed by atoms with Crippen LogP contribution >= 0.6 is 0 Å². The minimum absolute atomic E-state index is 0.0280. The molecular weight excluding hydrogens is 346 g/mol. The predicted octanol–water partition coefficient (Wildman–Crippen LogP) is 6.00. The fourth-order valence-electron chi connectivity index (χ4n) is 3.24. The third-order valence-corrected chi connectivity index (χ3v) is 4.85. The molecule has 0 aliphatic carbocycles. The Hall–Kier alpha value is -3.33. The number of aromatic hydroxyl groups is 1. The molecule has 28 heavy (non-hydrogen) atoms. The average molecular weight is 371 g/mol. The third-order valence-electron chi connectivity index (χ3n) is 4.85. The number of aliphatic imine (C=N–C) groups is 1. The Morgan fingerprint density at radius 1 is 0.893 bits per heavy atom. The van der Waals surface area contributed by atoms with Crippen molar-refractivity contribution in [1.29, 1.82) is 0 Å². The molecule has 3 heteroatoms. The summed E-state index contributed by atoms with van der Waals surface area (Å²) in [5.41, 5.74) is 6.48. The molecule has 142 valence electrons. The van der Waals surface area contributed by atoms with Crippen LogP contribution < -0.4 is 0 Å². The summed E-state index contributed by atoms with van der Waals surface area (Å²) in [6.07, 6.45) is 0. The molecule has 4 rings (SSSR count). The quantitative estimate of drug-likeness (QED) is 0.574. The third kappa shape index (κ3) is 3.99. The van der Waals surface area contributed by atoms with Crippen LogP contribution in [-0.4, -0.2) is 17.6 Å². The van der Waals surface area contributed by atoms with Crippen molar-refractivity contribution in [1.82, 2.24) is 0 Å². The van der Waals surface area contributed by atoms with Gasteiger partial charge in [0.15, 0.2) is 0 Å². The first-order valence-electron chi connectivity index (χ1n) is 9.28. The van der Waals surface area contributed by atoms with E-state index in [0.29, 0.717) is 12.4 Å². The maximum Gasteiger partial charge on any atom is 0.217 e. The van der Waals surface area contributed by atoms with Gasteiger partial charge < -0.3 is 9.84 Å². The van der Waals surface area contributed by atoms with Crippen molar-refractivity contribution < 1.29 is 9.84 Å². The highest BCUT2D eigenvalue weighted by atomic mass is 16.5. The summed E-state index contributed by atoms with van der Waals surface area (Å²) in [7, 11) is 0. The molecule has 1 heterocycles. The van der Waals surface area contributed by atoms with Crippen molar-refractivity contribution in [3.05, 3.63) is 102 Å². The fourth-order valence-corrected chi connectivity index (χ4v) is 3.24. The van der Waals surface area contributed by atoms with Crippen LogP contribution in [0.3, 0.4) is 0 Å². The van der Waals surface area contributed by atoms with Gasteiger partial charge in [0.1, 0.15) is 18.4 Å². The first-order valence-corrected chi connectivity index (χ1v) is 9.28. The normalized spacial score (nSPS) is 15.2. The number of nitrogens with zero attached hydrogens (tertiary/aromatic N) is 1. The van der Waals surface area contributed by atoms with Gasteiger partial charge in [-0.2, -0.15) is 0 Å².